The van der Waals surface area contributed by atoms with Gasteiger partial charge in [0, 0.05) is 19.3 Å². The van der Waals surface area contributed by atoms with E-state index >= 15 is 0 Å². The average Bonchev–Trinajstić information content (AvgIpc) is 3.21. The highest BCUT2D eigenvalue weighted by molar-refractivity contribution is 5.71. The lowest BCUT2D eigenvalue weighted by Gasteiger charge is -2.18. The van der Waals surface area contributed by atoms with Gasteiger partial charge in [0.1, 0.15) is 13.2 Å². The summed E-state index contributed by atoms with van der Waals surface area (Å²) in [6.45, 7) is 6.61. The van der Waals surface area contributed by atoms with Crippen LogP contribution in [0.15, 0.2) is 24.3 Å². The highest BCUT2D eigenvalue weighted by atomic mass is 16.6. The summed E-state index contributed by atoms with van der Waals surface area (Å²) in [4.78, 5) is 37.8. The van der Waals surface area contributed by atoms with Crippen LogP contribution in [0.5, 0.6) is 0 Å². The van der Waals surface area contributed by atoms with Crippen LogP contribution in [0.4, 0.5) is 0 Å². The van der Waals surface area contributed by atoms with E-state index in [-0.39, 0.29) is 31.1 Å². The standard InChI is InChI=1S/C51H94O6/c1-4-7-10-13-16-19-22-24-25-26-28-29-32-35-38-41-44-50(53)56-47-48(46-55-49(52)43-40-37-34-31-21-18-15-12-9-6-3)57-51(54)45-42-39-36-33-30-27-23-20-17-14-11-8-5-2/h20,23,25-26,48H,4-19,21-22,24,27-47H2,1-3H3/b23-20-,26-25-. The lowest BCUT2D eigenvalue weighted by molar-refractivity contribution is -0.167. The molecule has 0 saturated carbocycles. The molecule has 0 amide bonds. The molecular formula is C51H94O6. The Morgan fingerprint density at radius 1 is 0.333 bits per heavy atom. The first-order valence-corrected chi connectivity index (χ1v) is 24.8. The van der Waals surface area contributed by atoms with Crippen LogP contribution in [0.25, 0.3) is 0 Å². The van der Waals surface area contributed by atoms with Crippen molar-refractivity contribution in [1.29, 1.82) is 0 Å². The van der Waals surface area contributed by atoms with Crippen LogP contribution < -0.4 is 0 Å². The van der Waals surface area contributed by atoms with Gasteiger partial charge in [0.15, 0.2) is 6.10 Å². The summed E-state index contributed by atoms with van der Waals surface area (Å²) >= 11 is 0. The molecule has 6 nitrogen and oxygen atoms in total. The van der Waals surface area contributed by atoms with Crippen LogP contribution in [-0.2, 0) is 28.6 Å². The van der Waals surface area contributed by atoms with E-state index < -0.39 is 6.10 Å². The summed E-state index contributed by atoms with van der Waals surface area (Å²) in [6.07, 6.45) is 51.6. The average molecular weight is 803 g/mol. The van der Waals surface area contributed by atoms with Gasteiger partial charge >= 0.3 is 17.9 Å². The Bertz CT molecular complexity index is 927. The summed E-state index contributed by atoms with van der Waals surface area (Å²) in [5, 5.41) is 0. The first-order chi connectivity index (χ1) is 28.0. The number of esters is 3. The zero-order chi connectivity index (χ0) is 41.5. The van der Waals surface area contributed by atoms with Gasteiger partial charge in [-0.15, -0.1) is 0 Å². The van der Waals surface area contributed by atoms with E-state index in [0.29, 0.717) is 19.3 Å². The van der Waals surface area contributed by atoms with Gasteiger partial charge < -0.3 is 14.2 Å². The van der Waals surface area contributed by atoms with Crippen LogP contribution in [0.2, 0.25) is 0 Å². The maximum absolute atomic E-state index is 12.7. The van der Waals surface area contributed by atoms with Crippen molar-refractivity contribution in [3.63, 3.8) is 0 Å². The van der Waals surface area contributed by atoms with Gasteiger partial charge in [0.25, 0.3) is 0 Å². The van der Waals surface area contributed by atoms with Crippen molar-refractivity contribution >= 4 is 17.9 Å². The van der Waals surface area contributed by atoms with Crippen LogP contribution >= 0.6 is 0 Å². The largest absolute Gasteiger partial charge is 0.462 e. The van der Waals surface area contributed by atoms with Crippen LogP contribution in [0, 0.1) is 0 Å². The Morgan fingerprint density at radius 3 is 0.895 bits per heavy atom. The third-order valence-electron chi connectivity index (χ3n) is 10.9. The number of carbonyl (C=O) groups is 3. The van der Waals surface area contributed by atoms with Gasteiger partial charge in [0.2, 0.25) is 0 Å². The van der Waals surface area contributed by atoms with Gasteiger partial charge in [-0.25, -0.2) is 0 Å². The first kappa shape index (κ1) is 54.9. The third-order valence-corrected chi connectivity index (χ3v) is 10.9. The molecule has 0 radical (unpaired) electrons. The molecule has 0 aromatic carbocycles. The Balaban J connectivity index is 4.34. The highest BCUT2D eigenvalue weighted by Gasteiger charge is 2.19. The molecule has 0 aliphatic rings. The third kappa shape index (κ3) is 44.8. The SMILES string of the molecule is CCCCCC/C=C\CCCCCCCC(=O)OC(COC(=O)CCCCCCC/C=C\CCCCCCCCC)COC(=O)CCCCCCCCCCCC. The van der Waals surface area contributed by atoms with Crippen molar-refractivity contribution in [3.8, 4) is 0 Å². The van der Waals surface area contributed by atoms with Crippen molar-refractivity contribution in [2.75, 3.05) is 13.2 Å². The van der Waals surface area contributed by atoms with E-state index in [1.165, 1.54) is 154 Å². The molecule has 6 heteroatoms. The molecule has 0 heterocycles. The highest BCUT2D eigenvalue weighted by Crippen LogP contribution is 2.15. The van der Waals surface area contributed by atoms with Crippen LogP contribution in [0.3, 0.4) is 0 Å². The quantitative estimate of drug-likeness (QED) is 0.0264. The predicted octanol–water partition coefficient (Wildman–Crippen LogP) is 16.0. The summed E-state index contributed by atoms with van der Waals surface area (Å²) in [6, 6.07) is 0. The lowest BCUT2D eigenvalue weighted by atomic mass is 10.1. The molecule has 1 atom stereocenters. The van der Waals surface area contributed by atoms with Gasteiger partial charge in [-0.1, -0.05) is 199 Å². The zero-order valence-electron chi connectivity index (χ0n) is 38.1. The molecule has 0 aliphatic carbocycles. The normalized spacial score (nSPS) is 12.1. The molecular weight excluding hydrogens is 709 g/mol. The van der Waals surface area contributed by atoms with Crippen molar-refractivity contribution in [1.82, 2.24) is 0 Å². The van der Waals surface area contributed by atoms with E-state index in [4.69, 9.17) is 14.2 Å². The molecule has 57 heavy (non-hydrogen) atoms. The molecule has 0 bridgehead atoms. The van der Waals surface area contributed by atoms with E-state index in [1.807, 2.05) is 0 Å². The molecule has 334 valence electrons. The van der Waals surface area contributed by atoms with Gasteiger partial charge in [0.05, 0.1) is 0 Å². The first-order valence-electron chi connectivity index (χ1n) is 24.8. The van der Waals surface area contributed by atoms with Crippen molar-refractivity contribution in [3.05, 3.63) is 24.3 Å². The Labute approximate surface area is 353 Å². The molecule has 0 spiro atoms. The van der Waals surface area contributed by atoms with Crippen LogP contribution in [0.1, 0.15) is 265 Å². The number of hydrogen-bond acceptors (Lipinski definition) is 6. The van der Waals surface area contributed by atoms with Gasteiger partial charge in [-0.2, -0.15) is 0 Å². The minimum atomic E-state index is -0.772. The van der Waals surface area contributed by atoms with Crippen molar-refractivity contribution in [2.45, 2.75) is 271 Å². The Morgan fingerprint density at radius 2 is 0.579 bits per heavy atom. The summed E-state index contributed by atoms with van der Waals surface area (Å²) in [5.74, 6) is -0.884. The molecule has 0 fully saturated rings. The Hall–Kier alpha value is -2.11. The molecule has 0 saturated heterocycles. The summed E-state index contributed by atoms with van der Waals surface area (Å²) < 4.78 is 16.7. The van der Waals surface area contributed by atoms with E-state index in [9.17, 15) is 14.4 Å². The van der Waals surface area contributed by atoms with E-state index in [0.717, 1.165) is 70.6 Å². The maximum atomic E-state index is 12.7. The fourth-order valence-corrected chi connectivity index (χ4v) is 7.14. The monoisotopic (exact) mass is 803 g/mol. The number of carbonyl (C=O) groups excluding carboxylic acids is 3. The molecule has 0 N–H and O–H groups in total. The van der Waals surface area contributed by atoms with Gasteiger partial charge in [-0.05, 0) is 70.6 Å². The zero-order valence-corrected chi connectivity index (χ0v) is 38.1. The topological polar surface area (TPSA) is 78.9 Å². The fraction of sp³-hybridized carbons (Fsp3) is 0.863. The molecule has 0 aromatic rings. The van der Waals surface area contributed by atoms with E-state index in [2.05, 4.69) is 45.1 Å². The molecule has 0 aliphatic heterocycles. The Kier molecular flexibility index (Phi) is 44.9. The second-order valence-corrected chi connectivity index (χ2v) is 16.7. The second kappa shape index (κ2) is 46.6. The summed E-state index contributed by atoms with van der Waals surface area (Å²) in [7, 11) is 0. The lowest BCUT2D eigenvalue weighted by Crippen LogP contribution is -2.30. The molecule has 0 rings (SSSR count). The van der Waals surface area contributed by atoms with Crippen molar-refractivity contribution < 1.29 is 28.6 Å². The number of rotatable bonds is 45. The molecule has 1 unspecified atom stereocenters. The second-order valence-electron chi connectivity index (χ2n) is 16.7. The minimum absolute atomic E-state index is 0.0742. The van der Waals surface area contributed by atoms with Crippen LogP contribution in [-0.4, -0.2) is 37.2 Å². The number of hydrogen-bond donors (Lipinski definition) is 0. The minimum Gasteiger partial charge on any atom is -0.462 e. The van der Waals surface area contributed by atoms with E-state index in [1.54, 1.807) is 0 Å². The number of allylic oxidation sites excluding steroid dienone is 4. The predicted molar refractivity (Wildman–Crippen MR) is 243 cm³/mol. The number of ether oxygens (including phenoxy) is 3. The van der Waals surface area contributed by atoms with Crippen molar-refractivity contribution in [2.24, 2.45) is 0 Å². The summed E-state index contributed by atoms with van der Waals surface area (Å²) in [5.41, 5.74) is 0. The fourth-order valence-electron chi connectivity index (χ4n) is 7.14. The number of unbranched alkanes of at least 4 members (excludes halogenated alkanes) is 30. The van der Waals surface area contributed by atoms with Gasteiger partial charge in [-0.3, -0.25) is 14.4 Å². The molecule has 0 aromatic heterocycles. The maximum Gasteiger partial charge on any atom is 0.306 e. The smallest absolute Gasteiger partial charge is 0.306 e.